The normalized spacial score (nSPS) is 13.3. The summed E-state index contributed by atoms with van der Waals surface area (Å²) in [5.41, 5.74) is 3.37. The van der Waals surface area contributed by atoms with Crippen LogP contribution in [0.15, 0.2) is 48.5 Å². The Hall–Kier alpha value is -4.01. The molecule has 1 aromatic heterocycles. The summed E-state index contributed by atoms with van der Waals surface area (Å²) in [6, 6.07) is 15.6. The summed E-state index contributed by atoms with van der Waals surface area (Å²) >= 11 is 0. The van der Waals surface area contributed by atoms with Crippen molar-refractivity contribution in [3.63, 3.8) is 0 Å². The summed E-state index contributed by atoms with van der Waals surface area (Å²) < 4.78 is 10.9. The fourth-order valence-electron chi connectivity index (χ4n) is 4.60. The van der Waals surface area contributed by atoms with Gasteiger partial charge in [0.2, 0.25) is 0 Å². The smallest absolute Gasteiger partial charge is 0.407 e. The summed E-state index contributed by atoms with van der Waals surface area (Å²) in [6.45, 7) is 17.1. The highest BCUT2D eigenvalue weighted by atomic mass is 16.6. The summed E-state index contributed by atoms with van der Waals surface area (Å²) in [4.78, 5) is 41.5. The molecule has 0 aliphatic heterocycles. The number of aryl methyl sites for hydroxylation is 1. The predicted octanol–water partition coefficient (Wildman–Crippen LogP) is 7.10. The number of alkyl carbamates (subject to hydrolysis) is 2. The number of hydrogen-bond acceptors (Lipinski definition) is 5. The Bertz CT molecular complexity index is 1400. The average molecular weight is 593 g/mol. The lowest BCUT2D eigenvalue weighted by molar-refractivity contribution is 0.0463. The quantitative estimate of drug-likeness (QED) is 0.200. The van der Waals surface area contributed by atoms with Gasteiger partial charge in [0.05, 0.1) is 0 Å². The van der Waals surface area contributed by atoms with E-state index in [0.29, 0.717) is 18.5 Å². The second-order valence-electron chi connectivity index (χ2n) is 13.5. The van der Waals surface area contributed by atoms with Gasteiger partial charge in [-0.2, -0.15) is 0 Å². The van der Waals surface area contributed by atoms with Crippen molar-refractivity contribution in [2.45, 2.75) is 98.4 Å². The number of benzene rings is 2. The SMILES string of the molecule is Cc1ccc(-c2ccc3cc(C(=O)NC[C@H](CCC(NC(=O)OC(C)(C)C)C(C)C)NC(=O)OC(C)(C)C)[nH]c3c2)cc1. The van der Waals surface area contributed by atoms with Gasteiger partial charge in [0.25, 0.3) is 5.91 Å². The van der Waals surface area contributed by atoms with Crippen LogP contribution in [0.5, 0.6) is 0 Å². The molecule has 0 aliphatic rings. The minimum absolute atomic E-state index is 0.125. The monoisotopic (exact) mass is 592 g/mol. The molecule has 9 heteroatoms. The van der Waals surface area contributed by atoms with E-state index in [0.717, 1.165) is 22.0 Å². The number of amides is 3. The molecule has 3 rings (SSSR count). The van der Waals surface area contributed by atoms with Gasteiger partial charge in [0.15, 0.2) is 0 Å². The largest absolute Gasteiger partial charge is 0.444 e. The maximum atomic E-state index is 13.2. The number of ether oxygens (including phenoxy) is 2. The van der Waals surface area contributed by atoms with E-state index >= 15 is 0 Å². The zero-order valence-electron chi connectivity index (χ0n) is 27.0. The Balaban J connectivity index is 1.69. The minimum Gasteiger partial charge on any atom is -0.444 e. The predicted molar refractivity (Wildman–Crippen MR) is 171 cm³/mol. The Morgan fingerprint density at radius 1 is 0.791 bits per heavy atom. The molecule has 234 valence electrons. The number of hydrogen-bond donors (Lipinski definition) is 4. The third kappa shape index (κ3) is 11.0. The summed E-state index contributed by atoms with van der Waals surface area (Å²) in [6.07, 6.45) is -0.00524. The number of aromatic nitrogens is 1. The van der Waals surface area contributed by atoms with Crippen LogP contribution < -0.4 is 16.0 Å². The van der Waals surface area contributed by atoms with Crippen LogP contribution in [0.3, 0.4) is 0 Å². The number of aromatic amines is 1. The Kier molecular flexibility index (Phi) is 10.9. The molecule has 0 radical (unpaired) electrons. The summed E-state index contributed by atoms with van der Waals surface area (Å²) in [5, 5.41) is 9.72. The van der Waals surface area contributed by atoms with E-state index in [2.05, 4.69) is 52.1 Å². The molecule has 1 unspecified atom stereocenters. The molecule has 9 nitrogen and oxygen atoms in total. The molecule has 0 fully saturated rings. The van der Waals surface area contributed by atoms with Gasteiger partial charge < -0.3 is 30.4 Å². The number of H-pyrrole nitrogens is 1. The van der Waals surface area contributed by atoms with Crippen molar-refractivity contribution in [3.8, 4) is 11.1 Å². The molecular formula is C34H48N4O5. The molecule has 0 saturated heterocycles. The number of nitrogens with one attached hydrogen (secondary N) is 4. The van der Waals surface area contributed by atoms with Gasteiger partial charge >= 0.3 is 12.2 Å². The Labute approximate surface area is 255 Å². The first-order valence-electron chi connectivity index (χ1n) is 15.0. The molecule has 2 aromatic carbocycles. The molecule has 0 spiro atoms. The fourth-order valence-corrected chi connectivity index (χ4v) is 4.60. The minimum atomic E-state index is -0.668. The lowest BCUT2D eigenvalue weighted by Gasteiger charge is -2.28. The molecule has 4 N–H and O–H groups in total. The third-order valence-corrected chi connectivity index (χ3v) is 6.81. The van der Waals surface area contributed by atoms with Crippen LogP contribution in [0.1, 0.15) is 84.3 Å². The molecule has 2 atom stereocenters. The van der Waals surface area contributed by atoms with Crippen LogP contribution >= 0.6 is 0 Å². The van der Waals surface area contributed by atoms with Crippen LogP contribution in [-0.2, 0) is 9.47 Å². The van der Waals surface area contributed by atoms with E-state index in [9.17, 15) is 14.4 Å². The number of fused-ring (bicyclic) bond motifs is 1. The van der Waals surface area contributed by atoms with E-state index in [4.69, 9.17) is 9.47 Å². The van der Waals surface area contributed by atoms with Crippen molar-refractivity contribution in [1.29, 1.82) is 0 Å². The lowest BCUT2D eigenvalue weighted by Crippen LogP contribution is -2.47. The molecule has 43 heavy (non-hydrogen) atoms. The Morgan fingerprint density at radius 2 is 1.37 bits per heavy atom. The van der Waals surface area contributed by atoms with Crippen molar-refractivity contribution in [3.05, 3.63) is 59.8 Å². The zero-order chi connectivity index (χ0) is 31.9. The molecule has 3 aromatic rings. The fraction of sp³-hybridized carbons (Fsp3) is 0.500. The third-order valence-electron chi connectivity index (χ3n) is 6.81. The van der Waals surface area contributed by atoms with Crippen molar-refractivity contribution < 1.29 is 23.9 Å². The van der Waals surface area contributed by atoms with Gasteiger partial charge in [-0.3, -0.25) is 4.79 Å². The molecule has 0 aliphatic carbocycles. The van der Waals surface area contributed by atoms with Gasteiger partial charge in [-0.05, 0) is 90.5 Å². The first-order chi connectivity index (χ1) is 20.0. The van der Waals surface area contributed by atoms with Gasteiger partial charge in [0.1, 0.15) is 16.9 Å². The first-order valence-corrected chi connectivity index (χ1v) is 15.0. The highest BCUT2D eigenvalue weighted by Gasteiger charge is 2.25. The van der Waals surface area contributed by atoms with E-state index in [1.807, 2.05) is 58.9 Å². The van der Waals surface area contributed by atoms with Gasteiger partial charge in [-0.1, -0.05) is 55.8 Å². The zero-order valence-corrected chi connectivity index (χ0v) is 27.0. The van der Waals surface area contributed by atoms with Gasteiger partial charge in [-0.25, -0.2) is 9.59 Å². The second kappa shape index (κ2) is 14.0. The molecule has 0 saturated carbocycles. The number of carbonyl (C=O) groups is 3. The van der Waals surface area contributed by atoms with E-state index < -0.39 is 29.4 Å². The van der Waals surface area contributed by atoms with Crippen molar-refractivity contribution in [2.75, 3.05) is 6.54 Å². The van der Waals surface area contributed by atoms with E-state index in [-0.39, 0.29) is 24.4 Å². The molecular weight excluding hydrogens is 544 g/mol. The standard InChI is InChI=1S/C34H48N4O5/c1-21(2)27(38-32(41)43-34(7,8)9)17-16-26(36-31(40)42-33(4,5)6)20-35-30(39)29-19-25-15-14-24(18-28(25)37-29)23-12-10-22(3)11-13-23/h10-15,18-19,21,26-27,37H,16-17,20H2,1-9H3,(H,35,39)(H,36,40)(H,38,41)/t26-,27?/m0/s1. The highest BCUT2D eigenvalue weighted by Crippen LogP contribution is 2.25. The second-order valence-corrected chi connectivity index (χ2v) is 13.5. The molecule has 3 amide bonds. The van der Waals surface area contributed by atoms with E-state index in [1.54, 1.807) is 20.8 Å². The van der Waals surface area contributed by atoms with Gasteiger partial charge in [-0.15, -0.1) is 0 Å². The number of rotatable bonds is 10. The van der Waals surface area contributed by atoms with Crippen molar-refractivity contribution >= 4 is 29.0 Å². The summed E-state index contributed by atoms with van der Waals surface area (Å²) in [5.74, 6) is -0.156. The van der Waals surface area contributed by atoms with Crippen LogP contribution in [0, 0.1) is 12.8 Å². The van der Waals surface area contributed by atoms with Crippen LogP contribution in [0.2, 0.25) is 0 Å². The Morgan fingerprint density at radius 3 is 1.95 bits per heavy atom. The maximum absolute atomic E-state index is 13.2. The highest BCUT2D eigenvalue weighted by molar-refractivity contribution is 5.98. The van der Waals surface area contributed by atoms with Crippen LogP contribution in [0.4, 0.5) is 9.59 Å². The average Bonchev–Trinajstić information content (AvgIpc) is 3.31. The summed E-state index contributed by atoms with van der Waals surface area (Å²) in [7, 11) is 0. The first kappa shape index (κ1) is 33.5. The topological polar surface area (TPSA) is 122 Å². The van der Waals surface area contributed by atoms with E-state index in [1.165, 1.54) is 5.56 Å². The van der Waals surface area contributed by atoms with Crippen LogP contribution in [-0.4, -0.2) is 52.9 Å². The maximum Gasteiger partial charge on any atom is 0.407 e. The molecule has 0 bridgehead atoms. The van der Waals surface area contributed by atoms with Crippen molar-refractivity contribution in [2.24, 2.45) is 5.92 Å². The lowest BCUT2D eigenvalue weighted by atomic mass is 9.97. The van der Waals surface area contributed by atoms with Gasteiger partial charge in [0, 0.05) is 29.5 Å². The number of carbonyl (C=O) groups excluding carboxylic acids is 3. The van der Waals surface area contributed by atoms with Crippen LogP contribution in [0.25, 0.3) is 22.0 Å². The molecule has 1 heterocycles. The van der Waals surface area contributed by atoms with Crippen molar-refractivity contribution in [1.82, 2.24) is 20.9 Å².